The Morgan fingerprint density at radius 2 is 0.843 bits per heavy atom. The van der Waals surface area contributed by atoms with E-state index in [1.807, 2.05) is 115 Å². The molecule has 0 spiro atoms. The van der Waals surface area contributed by atoms with E-state index >= 15 is 0 Å². The van der Waals surface area contributed by atoms with Crippen LogP contribution in [0, 0.1) is 0 Å². The quantitative estimate of drug-likeness (QED) is 0.167. The lowest BCUT2D eigenvalue weighted by atomic mass is 9.79. The third kappa shape index (κ3) is 4.78. The molecule has 1 heterocycles. The maximum Gasteiger partial charge on any atom is 0.136 e. The van der Waals surface area contributed by atoms with Gasteiger partial charge in [-0.3, -0.25) is 0 Å². The lowest BCUT2D eigenvalue weighted by molar-refractivity contribution is 0.669. The summed E-state index contributed by atoms with van der Waals surface area (Å²) in [5.74, 6) is 0. The van der Waals surface area contributed by atoms with Gasteiger partial charge in [-0.25, -0.2) is 0 Å². The predicted octanol–water partition coefficient (Wildman–Crippen LogP) is 14.2. The Kier molecular flexibility index (Phi) is 4.45. The highest BCUT2D eigenvalue weighted by Gasteiger charge is 2.24. The molecule has 0 fully saturated rings. The minimum absolute atomic E-state index is 0.0522. The average molecular weight is 662 g/mol. The molecule has 1 aromatic heterocycles. The molecule has 238 valence electrons. The first-order valence-corrected chi connectivity index (χ1v) is 16.5. The average Bonchev–Trinajstić information content (AvgIpc) is 3.71. The second kappa shape index (κ2) is 12.0. The molecule has 0 aliphatic heterocycles. The number of furan rings is 1. The van der Waals surface area contributed by atoms with E-state index in [2.05, 4.69) is 0 Å². The molecule has 1 heteroatoms. The Bertz CT molecular complexity index is 3470. The Morgan fingerprint density at radius 1 is 0.333 bits per heavy atom. The van der Waals surface area contributed by atoms with E-state index in [-0.39, 0.29) is 32.7 Å². The van der Waals surface area contributed by atoms with Gasteiger partial charge < -0.3 is 4.42 Å². The summed E-state index contributed by atoms with van der Waals surface area (Å²) in [6, 6.07) is 27.6. The van der Waals surface area contributed by atoms with Crippen molar-refractivity contribution in [1.82, 2.24) is 0 Å². The zero-order valence-electron chi connectivity index (χ0n) is 39.9. The highest BCUT2D eigenvalue weighted by molar-refractivity contribution is 6.24. The van der Waals surface area contributed by atoms with Gasteiger partial charge in [0.2, 0.25) is 0 Å². The van der Waals surface area contributed by atoms with Gasteiger partial charge in [0.05, 0.1) is 17.8 Å². The van der Waals surface area contributed by atoms with Crippen LogP contribution in [0.2, 0.25) is 0 Å². The van der Waals surface area contributed by atoms with Crippen LogP contribution in [0.25, 0.3) is 99.1 Å². The molecule has 0 unspecified atom stereocenters. The molecular weight excluding hydrogens is 617 g/mol. The Balaban J connectivity index is 1.52. The largest absolute Gasteiger partial charge is 0.456 e. The molecule has 0 atom stereocenters. The normalized spacial score (nSPS) is 15.1. The molecule has 9 aromatic carbocycles. The van der Waals surface area contributed by atoms with Crippen molar-refractivity contribution in [3.05, 3.63) is 194 Å². The topological polar surface area (TPSA) is 13.1 Å². The van der Waals surface area contributed by atoms with E-state index in [1.165, 1.54) is 0 Å². The number of fused-ring (bicyclic) bond motifs is 5. The van der Waals surface area contributed by atoms with Gasteiger partial charge in [-0.05, 0) is 101 Å². The number of hydrogen-bond acceptors (Lipinski definition) is 1. The number of hydrogen-bond donors (Lipinski definition) is 0. The van der Waals surface area contributed by atoms with Crippen LogP contribution in [0.1, 0.15) is 17.8 Å². The van der Waals surface area contributed by atoms with E-state index in [9.17, 15) is 5.48 Å². The fraction of sp³-hybridized carbons (Fsp3) is 0. The number of para-hydroxylation sites is 1. The zero-order chi connectivity index (χ0) is 45.0. The third-order valence-electron chi connectivity index (χ3n) is 9.40. The molecule has 1 nitrogen and oxygen atoms in total. The molecule has 0 saturated carbocycles. The summed E-state index contributed by atoms with van der Waals surface area (Å²) in [5.41, 5.74) is 5.05. The van der Waals surface area contributed by atoms with E-state index in [4.69, 9.17) is 16.8 Å². The Labute approximate surface area is 315 Å². The smallest absolute Gasteiger partial charge is 0.136 e. The third-order valence-corrected chi connectivity index (χ3v) is 9.40. The van der Waals surface area contributed by atoms with E-state index in [0.717, 1.165) is 21.9 Å². The fourth-order valence-electron chi connectivity index (χ4n) is 7.27. The maximum atomic E-state index is 9.68. The first-order valence-electron chi connectivity index (χ1n) is 23.0. The first kappa shape index (κ1) is 18.9. The molecule has 51 heavy (non-hydrogen) atoms. The highest BCUT2D eigenvalue weighted by Crippen LogP contribution is 2.51. The van der Waals surface area contributed by atoms with Crippen LogP contribution in [0.15, 0.2) is 198 Å². The van der Waals surface area contributed by atoms with Crippen LogP contribution in [0.5, 0.6) is 0 Å². The summed E-state index contributed by atoms with van der Waals surface area (Å²) in [6.45, 7) is 0. The number of benzene rings is 9. The molecule has 0 N–H and O–H groups in total. The molecule has 10 rings (SSSR count). The van der Waals surface area contributed by atoms with Crippen LogP contribution in [-0.4, -0.2) is 0 Å². The summed E-state index contributed by atoms with van der Waals surface area (Å²) in [7, 11) is 0. The van der Waals surface area contributed by atoms with Crippen molar-refractivity contribution < 1.29 is 22.2 Å². The summed E-state index contributed by atoms with van der Waals surface area (Å²) in [4.78, 5) is 0. The van der Waals surface area contributed by atoms with Gasteiger partial charge in [-0.1, -0.05) is 170 Å². The summed E-state index contributed by atoms with van der Waals surface area (Å²) < 4.78 is 125. The van der Waals surface area contributed by atoms with Crippen LogP contribution in [0.3, 0.4) is 0 Å². The minimum atomic E-state index is -0.725. The van der Waals surface area contributed by atoms with Crippen LogP contribution < -0.4 is 0 Å². The molecule has 0 radical (unpaired) electrons. The Morgan fingerprint density at radius 3 is 1.45 bits per heavy atom. The molecule has 0 aliphatic rings. The zero-order valence-corrected chi connectivity index (χ0v) is 26.9. The van der Waals surface area contributed by atoms with Crippen molar-refractivity contribution in [1.29, 1.82) is 0 Å². The maximum absolute atomic E-state index is 9.68. The van der Waals surface area contributed by atoms with Crippen molar-refractivity contribution in [2.24, 2.45) is 0 Å². The van der Waals surface area contributed by atoms with Gasteiger partial charge in [0, 0.05) is 10.8 Å². The molecule has 0 aliphatic carbocycles. The van der Waals surface area contributed by atoms with Gasteiger partial charge in [0.25, 0.3) is 0 Å². The summed E-state index contributed by atoms with van der Waals surface area (Å²) in [5, 5.41) is 0.909. The molecule has 0 saturated heterocycles. The molecule has 10 aromatic rings. The van der Waals surface area contributed by atoms with Gasteiger partial charge >= 0.3 is 0 Å². The van der Waals surface area contributed by atoms with Crippen molar-refractivity contribution >= 4 is 43.5 Å². The summed E-state index contributed by atoms with van der Waals surface area (Å²) in [6.07, 6.45) is 0. The highest BCUT2D eigenvalue weighted by atomic mass is 16.3. The monoisotopic (exact) mass is 661 g/mol. The Hall–Kier alpha value is -6.70. The van der Waals surface area contributed by atoms with Crippen LogP contribution in [0.4, 0.5) is 0 Å². The van der Waals surface area contributed by atoms with Gasteiger partial charge in [0.15, 0.2) is 0 Å². The second-order valence-corrected chi connectivity index (χ2v) is 12.2. The minimum Gasteiger partial charge on any atom is -0.456 e. The lowest BCUT2D eigenvalue weighted by Crippen LogP contribution is -1.96. The molecule has 0 amide bonds. The fourth-order valence-corrected chi connectivity index (χ4v) is 7.27. The molecular formula is C50H32O. The van der Waals surface area contributed by atoms with Crippen molar-refractivity contribution in [2.75, 3.05) is 0 Å². The van der Waals surface area contributed by atoms with Crippen LogP contribution in [-0.2, 0) is 0 Å². The van der Waals surface area contributed by atoms with E-state index < -0.39 is 84.1 Å². The SMILES string of the molecule is [2H]c1c([2H])c([2H])c(-c2c3c([2H])c([2H])c([2H])c([2H])c3c(-c3c(-c4ccccc4)cc(-c4cccc5oc6ccccc6c45)cc3-c3ccccc3)c3c([2H])c([2H])c([2H])c([2H])c23)c([2H])c1[2H]. The van der Waals surface area contributed by atoms with Crippen LogP contribution >= 0.6 is 0 Å². The van der Waals surface area contributed by atoms with Crippen molar-refractivity contribution in [3.8, 4) is 55.6 Å². The van der Waals surface area contributed by atoms with E-state index in [0.29, 0.717) is 39.0 Å². The van der Waals surface area contributed by atoms with E-state index in [1.54, 1.807) is 0 Å². The predicted molar refractivity (Wildman–Crippen MR) is 216 cm³/mol. The lowest BCUT2D eigenvalue weighted by Gasteiger charge is -2.23. The second-order valence-electron chi connectivity index (χ2n) is 12.2. The van der Waals surface area contributed by atoms with Gasteiger partial charge in [-0.2, -0.15) is 0 Å². The van der Waals surface area contributed by atoms with Crippen molar-refractivity contribution in [2.45, 2.75) is 0 Å². The first-order chi connectivity index (χ1) is 30.7. The van der Waals surface area contributed by atoms with Gasteiger partial charge in [-0.15, -0.1) is 0 Å². The summed E-state index contributed by atoms with van der Waals surface area (Å²) >= 11 is 0. The standard InChI is InChI=1S/C50H32O/c1-4-17-33(18-5-1)43-31-36(37-28-16-30-46-48(37)42-27-14-15-29-45(42)51-46)32-44(34-19-6-2-7-20-34)50(43)49-40-25-12-10-23-38(40)47(35-21-8-3-9-22-35)39-24-11-13-26-41(39)49/h1-32H/i3D,8D,9D,10D,11D,12D,13D,21D,22D,23D,24D,25D,26D. The molecule has 0 bridgehead atoms. The number of rotatable bonds is 5. The van der Waals surface area contributed by atoms with Gasteiger partial charge in [0.1, 0.15) is 11.2 Å². The van der Waals surface area contributed by atoms with Crippen molar-refractivity contribution in [3.63, 3.8) is 0 Å².